The normalized spacial score (nSPS) is 21.5. The van der Waals surface area contributed by atoms with Crippen LogP contribution in [0.5, 0.6) is 0 Å². The standard InChI is InChI=1S/C17H32F3N3O2/c1-5-14(4)25-10-6-7-22-8-9-23(12-16(24)21-13(2)3)15(11-22)17(18,19)20/h13-15H,5-12H2,1-4H3,(H,21,24)/t14?,15-/m1/s1. The Morgan fingerprint density at radius 2 is 1.96 bits per heavy atom. The molecule has 0 bridgehead atoms. The number of carbonyl (C=O) groups excluding carboxylic acids is 1. The largest absolute Gasteiger partial charge is 0.405 e. The third kappa shape index (κ3) is 8.37. The molecule has 1 N–H and O–H groups in total. The molecule has 5 nitrogen and oxygen atoms in total. The van der Waals surface area contributed by atoms with Crippen LogP contribution in [0.2, 0.25) is 0 Å². The fourth-order valence-electron chi connectivity index (χ4n) is 2.82. The molecule has 0 aromatic heterocycles. The van der Waals surface area contributed by atoms with Crippen LogP contribution < -0.4 is 5.32 Å². The average Bonchev–Trinajstić information content (AvgIpc) is 2.50. The van der Waals surface area contributed by atoms with E-state index in [-0.39, 0.29) is 37.7 Å². The minimum atomic E-state index is -4.34. The number of carbonyl (C=O) groups is 1. The predicted molar refractivity (Wildman–Crippen MR) is 91.5 cm³/mol. The Hall–Kier alpha value is -0.860. The quantitative estimate of drug-likeness (QED) is 0.635. The molecule has 1 unspecified atom stereocenters. The molecule has 1 fully saturated rings. The Morgan fingerprint density at radius 1 is 1.28 bits per heavy atom. The molecule has 25 heavy (non-hydrogen) atoms. The summed E-state index contributed by atoms with van der Waals surface area (Å²) in [7, 11) is 0. The van der Waals surface area contributed by atoms with E-state index in [1.807, 2.05) is 18.7 Å². The molecule has 0 aromatic rings. The van der Waals surface area contributed by atoms with Gasteiger partial charge in [0, 0.05) is 38.8 Å². The summed E-state index contributed by atoms with van der Waals surface area (Å²) in [5.74, 6) is -0.361. The highest BCUT2D eigenvalue weighted by molar-refractivity contribution is 5.78. The van der Waals surface area contributed by atoms with Crippen LogP contribution in [0.1, 0.15) is 40.5 Å². The summed E-state index contributed by atoms with van der Waals surface area (Å²) in [6.45, 7) is 9.20. The van der Waals surface area contributed by atoms with Crippen molar-refractivity contribution in [2.75, 3.05) is 39.3 Å². The second-order valence-corrected chi connectivity index (χ2v) is 6.99. The van der Waals surface area contributed by atoms with E-state index in [4.69, 9.17) is 4.74 Å². The van der Waals surface area contributed by atoms with Crippen LogP contribution in [0.4, 0.5) is 13.2 Å². The molecule has 8 heteroatoms. The lowest BCUT2D eigenvalue weighted by Crippen LogP contribution is -2.60. The summed E-state index contributed by atoms with van der Waals surface area (Å²) in [4.78, 5) is 14.9. The lowest BCUT2D eigenvalue weighted by atomic mass is 10.1. The van der Waals surface area contributed by atoms with Gasteiger partial charge in [-0.05, 0) is 33.6 Å². The highest BCUT2D eigenvalue weighted by Crippen LogP contribution is 2.27. The van der Waals surface area contributed by atoms with Crippen molar-refractivity contribution in [2.24, 2.45) is 0 Å². The fraction of sp³-hybridized carbons (Fsp3) is 0.941. The third-order valence-electron chi connectivity index (χ3n) is 4.35. The lowest BCUT2D eigenvalue weighted by Gasteiger charge is -2.41. The number of alkyl halides is 3. The molecule has 1 aliphatic heterocycles. The van der Waals surface area contributed by atoms with Gasteiger partial charge in [0.05, 0.1) is 12.6 Å². The van der Waals surface area contributed by atoms with Crippen molar-refractivity contribution >= 4 is 5.91 Å². The van der Waals surface area contributed by atoms with Crippen LogP contribution >= 0.6 is 0 Å². The number of halogens is 3. The van der Waals surface area contributed by atoms with Gasteiger partial charge in [-0.15, -0.1) is 0 Å². The van der Waals surface area contributed by atoms with Gasteiger partial charge in [-0.3, -0.25) is 9.69 Å². The third-order valence-corrected chi connectivity index (χ3v) is 4.35. The maximum absolute atomic E-state index is 13.4. The van der Waals surface area contributed by atoms with Gasteiger partial charge in [0.2, 0.25) is 5.91 Å². The number of nitrogens with zero attached hydrogens (tertiary/aromatic N) is 2. The summed E-state index contributed by atoms with van der Waals surface area (Å²) in [6.07, 6.45) is -2.53. The summed E-state index contributed by atoms with van der Waals surface area (Å²) in [5, 5.41) is 2.65. The molecule has 1 rings (SSSR count). The summed E-state index contributed by atoms with van der Waals surface area (Å²) < 4.78 is 45.8. The zero-order valence-electron chi connectivity index (χ0n) is 15.7. The number of piperazine rings is 1. The first kappa shape index (κ1) is 22.2. The molecule has 1 saturated heterocycles. The van der Waals surface area contributed by atoms with E-state index < -0.39 is 12.2 Å². The van der Waals surface area contributed by atoms with E-state index in [0.717, 1.165) is 6.42 Å². The van der Waals surface area contributed by atoms with Gasteiger partial charge in [0.15, 0.2) is 0 Å². The van der Waals surface area contributed by atoms with Crippen molar-refractivity contribution in [3.8, 4) is 0 Å². The van der Waals surface area contributed by atoms with Gasteiger partial charge in [-0.2, -0.15) is 13.2 Å². The lowest BCUT2D eigenvalue weighted by molar-refractivity contribution is -0.197. The average molecular weight is 367 g/mol. The van der Waals surface area contributed by atoms with Gasteiger partial charge in [-0.25, -0.2) is 0 Å². The Bertz CT molecular complexity index is 405. The smallest absolute Gasteiger partial charge is 0.378 e. The Labute approximate surface area is 148 Å². The topological polar surface area (TPSA) is 44.8 Å². The van der Waals surface area contributed by atoms with E-state index in [9.17, 15) is 18.0 Å². The molecule has 148 valence electrons. The number of hydrogen-bond donors (Lipinski definition) is 1. The first-order valence-corrected chi connectivity index (χ1v) is 9.07. The van der Waals surface area contributed by atoms with E-state index in [1.54, 1.807) is 13.8 Å². The number of hydrogen-bond acceptors (Lipinski definition) is 4. The minimum absolute atomic E-state index is 0.0800. The van der Waals surface area contributed by atoms with Crippen LogP contribution in [-0.4, -0.2) is 79.4 Å². The zero-order valence-corrected chi connectivity index (χ0v) is 15.7. The van der Waals surface area contributed by atoms with Crippen molar-refractivity contribution < 1.29 is 22.7 Å². The number of rotatable bonds is 9. The summed E-state index contributed by atoms with van der Waals surface area (Å²) in [6, 6.07) is -1.68. The van der Waals surface area contributed by atoms with Crippen molar-refractivity contribution in [2.45, 2.75) is 64.9 Å². The first-order valence-electron chi connectivity index (χ1n) is 9.07. The van der Waals surface area contributed by atoms with E-state index in [0.29, 0.717) is 26.1 Å². The van der Waals surface area contributed by atoms with Gasteiger partial charge in [0.25, 0.3) is 0 Å². The summed E-state index contributed by atoms with van der Waals surface area (Å²) in [5.41, 5.74) is 0. The highest BCUT2D eigenvalue weighted by Gasteiger charge is 2.46. The second-order valence-electron chi connectivity index (χ2n) is 6.99. The maximum Gasteiger partial charge on any atom is 0.405 e. The molecule has 0 aromatic carbocycles. The molecule has 1 amide bonds. The van der Waals surface area contributed by atoms with Gasteiger partial charge in [-0.1, -0.05) is 6.92 Å². The monoisotopic (exact) mass is 367 g/mol. The van der Waals surface area contributed by atoms with E-state index >= 15 is 0 Å². The predicted octanol–water partition coefficient (Wildman–Crippen LogP) is 2.26. The molecular weight excluding hydrogens is 335 g/mol. The first-order chi connectivity index (χ1) is 11.6. The van der Waals surface area contributed by atoms with Crippen LogP contribution in [0.25, 0.3) is 0 Å². The van der Waals surface area contributed by atoms with Crippen LogP contribution in [-0.2, 0) is 9.53 Å². The van der Waals surface area contributed by atoms with Crippen LogP contribution in [0.15, 0.2) is 0 Å². The Balaban J connectivity index is 2.51. The molecular formula is C17H32F3N3O2. The van der Waals surface area contributed by atoms with Crippen LogP contribution in [0, 0.1) is 0 Å². The molecule has 1 heterocycles. The van der Waals surface area contributed by atoms with E-state index in [1.165, 1.54) is 4.90 Å². The number of ether oxygens (including phenoxy) is 1. The molecule has 0 radical (unpaired) electrons. The zero-order chi connectivity index (χ0) is 19.0. The minimum Gasteiger partial charge on any atom is -0.378 e. The Morgan fingerprint density at radius 3 is 2.52 bits per heavy atom. The van der Waals surface area contributed by atoms with Crippen molar-refractivity contribution in [3.05, 3.63) is 0 Å². The molecule has 2 atom stereocenters. The highest BCUT2D eigenvalue weighted by atomic mass is 19.4. The molecule has 0 spiro atoms. The van der Waals surface area contributed by atoms with Crippen LogP contribution in [0.3, 0.4) is 0 Å². The number of nitrogens with one attached hydrogen (secondary N) is 1. The van der Waals surface area contributed by atoms with Crippen molar-refractivity contribution in [1.82, 2.24) is 15.1 Å². The van der Waals surface area contributed by atoms with Gasteiger partial charge >= 0.3 is 6.18 Å². The molecule has 1 aliphatic rings. The van der Waals surface area contributed by atoms with Crippen molar-refractivity contribution in [1.29, 1.82) is 0 Å². The maximum atomic E-state index is 13.4. The Kier molecular flexibility index (Phi) is 9.16. The second kappa shape index (κ2) is 10.3. The molecule has 0 saturated carbocycles. The SMILES string of the molecule is CCC(C)OCCCN1CCN(CC(=O)NC(C)C)[C@@H](C(F)(F)F)C1. The number of amides is 1. The van der Waals surface area contributed by atoms with Crippen molar-refractivity contribution in [3.63, 3.8) is 0 Å². The summed E-state index contributed by atoms with van der Waals surface area (Å²) >= 11 is 0. The molecule has 0 aliphatic carbocycles. The fourth-order valence-corrected chi connectivity index (χ4v) is 2.82. The van der Waals surface area contributed by atoms with Gasteiger partial charge in [0.1, 0.15) is 6.04 Å². The van der Waals surface area contributed by atoms with Gasteiger partial charge < -0.3 is 15.0 Å². The van der Waals surface area contributed by atoms with E-state index in [2.05, 4.69) is 5.32 Å².